The third-order valence-corrected chi connectivity index (χ3v) is 0. The SMILES string of the molecule is N#C[NH-].N#C[NH-].[Na+].[Na+]. The second kappa shape index (κ2) is 49.3. The summed E-state index contributed by atoms with van der Waals surface area (Å²) in [4.78, 5) is 0. The maximum absolute atomic E-state index is 6.99. The van der Waals surface area contributed by atoms with Crippen LogP contribution in [0.1, 0.15) is 0 Å². The summed E-state index contributed by atoms with van der Waals surface area (Å²) in [5.41, 5.74) is 11.0. The maximum atomic E-state index is 6.99. The van der Waals surface area contributed by atoms with Crippen LogP contribution in [0.2, 0.25) is 0 Å². The molecular formula is C2H2N4Na2. The molecule has 0 heterocycles. The van der Waals surface area contributed by atoms with Crippen LogP contribution < -0.4 is 59.1 Å². The predicted molar refractivity (Wildman–Crippen MR) is 19.9 cm³/mol. The van der Waals surface area contributed by atoms with Gasteiger partial charge in [0.05, 0.1) is 0 Å². The third kappa shape index (κ3) is 609. The molecule has 0 radical (unpaired) electrons. The Morgan fingerprint density at radius 3 is 0.875 bits per heavy atom. The first kappa shape index (κ1) is 23.5. The molecule has 0 bridgehead atoms. The van der Waals surface area contributed by atoms with Crippen molar-refractivity contribution in [1.29, 1.82) is 10.5 Å². The van der Waals surface area contributed by atoms with E-state index in [0.29, 0.717) is 0 Å². The fourth-order valence-electron chi connectivity index (χ4n) is 0. The summed E-state index contributed by atoms with van der Waals surface area (Å²) in [6, 6.07) is 0. The minimum Gasteiger partial charge on any atom is -0.494 e. The number of rotatable bonds is 0. The second-order valence-corrected chi connectivity index (χ2v) is 0.224. The van der Waals surface area contributed by atoms with Gasteiger partial charge >= 0.3 is 59.1 Å². The molecule has 0 spiro atoms. The first-order valence-corrected chi connectivity index (χ1v) is 0.947. The molecule has 2 N–H and O–H groups in total. The van der Waals surface area contributed by atoms with Gasteiger partial charge in [-0.15, -0.1) is 0 Å². The van der Waals surface area contributed by atoms with Gasteiger partial charge in [0.1, 0.15) is 0 Å². The van der Waals surface area contributed by atoms with Gasteiger partial charge in [-0.3, -0.25) is 0 Å². The fourth-order valence-corrected chi connectivity index (χ4v) is 0. The van der Waals surface area contributed by atoms with Crippen molar-refractivity contribution in [2.45, 2.75) is 0 Å². The van der Waals surface area contributed by atoms with Crippen molar-refractivity contribution in [3.8, 4) is 12.4 Å². The molecule has 0 rings (SSSR count). The molecular weight excluding hydrogens is 126 g/mol. The Balaban J connectivity index is -0.0000000160. The number of nitriles is 2. The molecule has 0 unspecified atom stereocenters. The van der Waals surface area contributed by atoms with E-state index in [4.69, 9.17) is 22.0 Å². The van der Waals surface area contributed by atoms with Gasteiger partial charge in [0.15, 0.2) is 0 Å². The van der Waals surface area contributed by atoms with Gasteiger partial charge in [0.25, 0.3) is 0 Å². The minimum absolute atomic E-state index is 0. The second-order valence-electron chi connectivity index (χ2n) is 0.224. The standard InChI is InChI=1S/2CHN2.2Na/c2*2-1-3;;/h2*2H;;/q2*-1;2*+1. The first-order chi connectivity index (χ1) is 2.83. The maximum Gasteiger partial charge on any atom is 1.00 e. The zero-order valence-electron chi connectivity index (χ0n) is 4.89. The number of hydrogen-bond donors (Lipinski definition) is 0. The van der Waals surface area contributed by atoms with E-state index in [0.717, 1.165) is 12.4 Å². The molecule has 4 nitrogen and oxygen atoms in total. The van der Waals surface area contributed by atoms with E-state index in [-0.39, 0.29) is 59.1 Å². The molecule has 0 saturated heterocycles. The summed E-state index contributed by atoms with van der Waals surface area (Å²) in [5.74, 6) is 0. The minimum atomic E-state index is 0. The zero-order chi connectivity index (χ0) is 5.41. The Kier molecular flexibility index (Phi) is 145. The van der Waals surface area contributed by atoms with Crippen molar-refractivity contribution in [1.82, 2.24) is 0 Å². The van der Waals surface area contributed by atoms with Crippen molar-refractivity contribution >= 4 is 0 Å². The van der Waals surface area contributed by atoms with Crippen LogP contribution in [0.3, 0.4) is 0 Å². The summed E-state index contributed by atoms with van der Waals surface area (Å²) in [6.45, 7) is 0. The molecule has 0 aromatic carbocycles. The van der Waals surface area contributed by atoms with E-state index in [1.807, 2.05) is 0 Å². The summed E-state index contributed by atoms with van der Waals surface area (Å²) in [5, 5.41) is 14.0. The van der Waals surface area contributed by atoms with E-state index in [1.165, 1.54) is 0 Å². The average molecular weight is 128 g/mol. The molecule has 0 amide bonds. The van der Waals surface area contributed by atoms with Crippen molar-refractivity contribution < 1.29 is 59.1 Å². The van der Waals surface area contributed by atoms with Gasteiger partial charge in [0, 0.05) is 0 Å². The Morgan fingerprint density at radius 2 is 0.875 bits per heavy atom. The van der Waals surface area contributed by atoms with Gasteiger partial charge in [-0.05, 0) is 0 Å². The molecule has 0 aromatic heterocycles. The molecule has 0 fully saturated rings. The number of nitrogens with one attached hydrogen (secondary N) is 2. The van der Waals surface area contributed by atoms with Crippen molar-refractivity contribution in [2.24, 2.45) is 0 Å². The summed E-state index contributed by atoms with van der Waals surface area (Å²) < 4.78 is 0. The van der Waals surface area contributed by atoms with Crippen LogP contribution in [0.4, 0.5) is 0 Å². The largest absolute Gasteiger partial charge is 1.00 e. The Morgan fingerprint density at radius 1 is 0.875 bits per heavy atom. The Hall–Kier alpha value is 0.580. The van der Waals surface area contributed by atoms with E-state index in [9.17, 15) is 0 Å². The molecule has 0 atom stereocenters. The average Bonchev–Trinajstić information content (AvgIpc) is 1.39. The first-order valence-electron chi connectivity index (χ1n) is 0.947. The summed E-state index contributed by atoms with van der Waals surface area (Å²) >= 11 is 0. The quantitative estimate of drug-likeness (QED) is 0.241. The summed E-state index contributed by atoms with van der Waals surface area (Å²) in [6.07, 6.45) is 2.00. The van der Waals surface area contributed by atoms with Crippen LogP contribution in [0, 0.1) is 22.9 Å². The van der Waals surface area contributed by atoms with Crippen LogP contribution in [-0.4, -0.2) is 0 Å². The third-order valence-electron chi connectivity index (χ3n) is 0. The van der Waals surface area contributed by atoms with Gasteiger partial charge in [0.2, 0.25) is 0 Å². The number of hydrogen-bond acceptors (Lipinski definition) is 2. The van der Waals surface area contributed by atoms with E-state index < -0.39 is 0 Å². The van der Waals surface area contributed by atoms with Gasteiger partial charge < -0.3 is 22.0 Å². The Bertz CT molecular complexity index is 67.0. The van der Waals surface area contributed by atoms with Crippen molar-refractivity contribution in [2.75, 3.05) is 0 Å². The monoisotopic (exact) mass is 128 g/mol. The molecule has 0 aliphatic rings. The van der Waals surface area contributed by atoms with Crippen molar-refractivity contribution in [3.05, 3.63) is 11.5 Å². The molecule has 0 aromatic rings. The van der Waals surface area contributed by atoms with Crippen LogP contribution in [0.25, 0.3) is 11.5 Å². The van der Waals surface area contributed by atoms with Crippen LogP contribution in [-0.2, 0) is 0 Å². The van der Waals surface area contributed by atoms with Crippen LogP contribution >= 0.6 is 0 Å². The van der Waals surface area contributed by atoms with Gasteiger partial charge in [-0.2, -0.15) is 0 Å². The van der Waals surface area contributed by atoms with Crippen LogP contribution in [0.15, 0.2) is 0 Å². The Labute approximate surface area is 92.4 Å². The fraction of sp³-hybridized carbons (Fsp3) is 0. The molecule has 0 aliphatic heterocycles. The van der Waals surface area contributed by atoms with Crippen LogP contribution in [0.5, 0.6) is 0 Å². The van der Waals surface area contributed by atoms with Gasteiger partial charge in [-0.1, -0.05) is 12.4 Å². The molecule has 6 heteroatoms. The van der Waals surface area contributed by atoms with Gasteiger partial charge in [-0.25, -0.2) is 0 Å². The number of nitrogens with zero attached hydrogens (tertiary/aromatic N) is 2. The summed E-state index contributed by atoms with van der Waals surface area (Å²) in [7, 11) is 0. The smallest absolute Gasteiger partial charge is 0.494 e. The normalized spacial score (nSPS) is 1.75. The molecule has 0 saturated carbocycles. The van der Waals surface area contributed by atoms with E-state index in [2.05, 4.69) is 0 Å². The molecule has 32 valence electrons. The zero-order valence-corrected chi connectivity index (χ0v) is 8.89. The van der Waals surface area contributed by atoms with Crippen molar-refractivity contribution in [3.63, 3.8) is 0 Å². The molecule has 0 aliphatic carbocycles. The molecule has 8 heavy (non-hydrogen) atoms. The van der Waals surface area contributed by atoms with E-state index in [1.54, 1.807) is 0 Å². The topological polar surface area (TPSA) is 95.2 Å². The van der Waals surface area contributed by atoms with E-state index >= 15 is 0 Å². The predicted octanol–water partition coefficient (Wildman–Crippen LogP) is -4.95.